The maximum atomic E-state index is 13.2. The summed E-state index contributed by atoms with van der Waals surface area (Å²) >= 11 is 0. The summed E-state index contributed by atoms with van der Waals surface area (Å²) in [6.45, 7) is 13.8. The largest absolute Gasteiger partial charge is 0.460 e. The van der Waals surface area contributed by atoms with E-state index in [-0.39, 0.29) is 24.5 Å². The number of amides is 5. The fourth-order valence-electron chi connectivity index (χ4n) is 4.27. The molecule has 0 spiro atoms. The molecular formula is C26H42N4O6. The average Bonchev–Trinajstić information content (AvgIpc) is 2.80. The van der Waals surface area contributed by atoms with Crippen molar-refractivity contribution in [3.63, 3.8) is 0 Å². The molecule has 0 aromatic heterocycles. The van der Waals surface area contributed by atoms with Gasteiger partial charge in [-0.05, 0) is 43.1 Å². The average molecular weight is 507 g/mol. The molecule has 0 aromatic carbocycles. The number of allylic oxidation sites excluding steroid dienone is 1. The lowest BCUT2D eigenvalue weighted by Crippen LogP contribution is -2.51. The Bertz CT molecular complexity index is 870. The van der Waals surface area contributed by atoms with Crippen LogP contribution in [0.5, 0.6) is 0 Å². The second-order valence-corrected chi connectivity index (χ2v) is 10.0. The molecule has 4 N–H and O–H groups in total. The van der Waals surface area contributed by atoms with Crippen molar-refractivity contribution >= 4 is 29.7 Å². The van der Waals surface area contributed by atoms with Crippen LogP contribution in [0.25, 0.3) is 0 Å². The molecular weight excluding hydrogens is 464 g/mol. The zero-order valence-corrected chi connectivity index (χ0v) is 22.3. The van der Waals surface area contributed by atoms with Gasteiger partial charge < -0.3 is 21.1 Å². The van der Waals surface area contributed by atoms with E-state index in [0.29, 0.717) is 11.8 Å². The van der Waals surface area contributed by atoms with Gasteiger partial charge in [0.25, 0.3) is 5.91 Å². The lowest BCUT2D eigenvalue weighted by atomic mass is 9.83. The van der Waals surface area contributed by atoms with Gasteiger partial charge in [0, 0.05) is 25.2 Å². The minimum absolute atomic E-state index is 0.110. The van der Waals surface area contributed by atoms with E-state index in [1.165, 1.54) is 13.1 Å². The Morgan fingerprint density at radius 3 is 2.36 bits per heavy atom. The van der Waals surface area contributed by atoms with E-state index in [0.717, 1.165) is 30.2 Å². The Kier molecular flexibility index (Phi) is 12.3. The number of esters is 1. The molecule has 10 heteroatoms. The van der Waals surface area contributed by atoms with E-state index in [9.17, 15) is 24.0 Å². The summed E-state index contributed by atoms with van der Waals surface area (Å²) in [4.78, 5) is 63.3. The van der Waals surface area contributed by atoms with Gasteiger partial charge in [0.2, 0.25) is 11.8 Å². The van der Waals surface area contributed by atoms with Crippen molar-refractivity contribution < 1.29 is 28.7 Å². The maximum Gasteiger partial charge on any atom is 0.329 e. The van der Waals surface area contributed by atoms with E-state index in [4.69, 9.17) is 10.5 Å². The standard InChI is InChI=1S/C26H42N4O6/c1-8-15(2)13-16(3)14-17(4)23-19(6)24(33)28-18(5)9-12-22(32)30(7)26(35)29-20(25(34)36-23)10-11-21(27)31/h9,12,15-17,19-20,23H,5,8,10-11,13-14H2,1-4,6-7H3,(H2,27,31)(H,28,33)(H,29,35)/b12-9+. The zero-order chi connectivity index (χ0) is 27.6. The Morgan fingerprint density at radius 1 is 1.14 bits per heavy atom. The summed E-state index contributed by atoms with van der Waals surface area (Å²) in [5.41, 5.74) is 5.41. The second-order valence-electron chi connectivity index (χ2n) is 10.0. The van der Waals surface area contributed by atoms with E-state index in [1.807, 2.05) is 6.92 Å². The van der Waals surface area contributed by atoms with Crippen LogP contribution >= 0.6 is 0 Å². The first kappa shape index (κ1) is 30.9. The topological polar surface area (TPSA) is 148 Å². The van der Waals surface area contributed by atoms with E-state index in [1.54, 1.807) is 6.92 Å². The molecule has 6 unspecified atom stereocenters. The monoisotopic (exact) mass is 506 g/mol. The van der Waals surface area contributed by atoms with Crippen LogP contribution in [0.1, 0.15) is 66.7 Å². The number of cyclic esters (lactones) is 1. The number of likely N-dealkylation sites (N-methyl/N-ethyl adjacent to an activating group) is 1. The van der Waals surface area contributed by atoms with Crippen LogP contribution in [0.2, 0.25) is 0 Å². The fraction of sp³-hybridized carbons (Fsp3) is 0.654. The molecule has 0 saturated heterocycles. The SMILES string of the molecule is C=C1/C=C/C(=O)N(C)C(=O)NC(CCC(N)=O)C(=O)OC(C(C)CC(C)CC(C)CC)C(C)C(=O)N1. The predicted molar refractivity (Wildman–Crippen MR) is 136 cm³/mol. The number of nitrogens with two attached hydrogens (primary N) is 1. The normalized spacial score (nSPS) is 25.7. The van der Waals surface area contributed by atoms with Gasteiger partial charge in [0.1, 0.15) is 12.1 Å². The minimum atomic E-state index is -1.23. The quantitative estimate of drug-likeness (QED) is 0.410. The van der Waals surface area contributed by atoms with Gasteiger partial charge in [-0.25, -0.2) is 9.59 Å². The molecule has 36 heavy (non-hydrogen) atoms. The van der Waals surface area contributed by atoms with Crippen LogP contribution in [0.3, 0.4) is 0 Å². The molecule has 0 fully saturated rings. The Hall–Kier alpha value is -3.17. The fourth-order valence-corrected chi connectivity index (χ4v) is 4.27. The van der Waals surface area contributed by atoms with Crippen LogP contribution in [0.15, 0.2) is 24.4 Å². The summed E-state index contributed by atoms with van der Waals surface area (Å²) in [5, 5.41) is 5.09. The highest BCUT2D eigenvalue weighted by Crippen LogP contribution is 2.28. The molecule has 0 radical (unpaired) electrons. The van der Waals surface area contributed by atoms with Gasteiger partial charge in [-0.2, -0.15) is 0 Å². The number of carbonyl (C=O) groups excluding carboxylic acids is 5. The van der Waals surface area contributed by atoms with Gasteiger partial charge >= 0.3 is 12.0 Å². The molecule has 1 aliphatic rings. The molecule has 0 aromatic rings. The van der Waals surface area contributed by atoms with E-state index < -0.39 is 47.8 Å². The number of hydrogen-bond donors (Lipinski definition) is 3. The second kappa shape index (κ2) is 14.4. The van der Waals surface area contributed by atoms with E-state index in [2.05, 4.69) is 38.0 Å². The van der Waals surface area contributed by atoms with Crippen molar-refractivity contribution in [3.8, 4) is 0 Å². The Morgan fingerprint density at radius 2 is 1.78 bits per heavy atom. The van der Waals surface area contributed by atoms with Crippen molar-refractivity contribution in [1.82, 2.24) is 15.5 Å². The number of primary amides is 1. The van der Waals surface area contributed by atoms with Crippen molar-refractivity contribution in [2.45, 2.75) is 78.9 Å². The molecule has 0 saturated carbocycles. The Balaban J connectivity index is 3.32. The third-order valence-electron chi connectivity index (χ3n) is 6.60. The van der Waals surface area contributed by atoms with Crippen molar-refractivity contribution in [1.29, 1.82) is 0 Å². The van der Waals surface area contributed by atoms with Crippen LogP contribution in [0, 0.1) is 23.7 Å². The molecule has 1 aliphatic heterocycles. The van der Waals surface area contributed by atoms with E-state index >= 15 is 0 Å². The van der Waals surface area contributed by atoms with Crippen LogP contribution < -0.4 is 16.4 Å². The molecule has 6 atom stereocenters. The van der Waals surface area contributed by atoms with Crippen molar-refractivity contribution in [2.24, 2.45) is 29.4 Å². The Labute approximate surface area is 214 Å². The smallest absolute Gasteiger partial charge is 0.329 e. The van der Waals surface area contributed by atoms with Crippen molar-refractivity contribution in [3.05, 3.63) is 24.4 Å². The minimum Gasteiger partial charge on any atom is -0.460 e. The number of urea groups is 1. The first-order valence-electron chi connectivity index (χ1n) is 12.5. The highest BCUT2D eigenvalue weighted by Gasteiger charge is 2.36. The molecule has 1 rings (SSSR count). The zero-order valence-electron chi connectivity index (χ0n) is 22.3. The molecule has 0 aliphatic carbocycles. The third-order valence-corrected chi connectivity index (χ3v) is 6.60. The van der Waals surface area contributed by atoms with Gasteiger partial charge in [0.05, 0.1) is 5.92 Å². The highest BCUT2D eigenvalue weighted by molar-refractivity contribution is 6.01. The van der Waals surface area contributed by atoms with Gasteiger partial charge in [-0.1, -0.05) is 47.6 Å². The number of nitrogens with zero attached hydrogens (tertiary/aromatic N) is 1. The predicted octanol–water partition coefficient (Wildman–Crippen LogP) is 2.63. The number of ether oxygens (including phenoxy) is 1. The summed E-state index contributed by atoms with van der Waals surface area (Å²) < 4.78 is 5.84. The highest BCUT2D eigenvalue weighted by atomic mass is 16.5. The molecule has 202 valence electrons. The molecule has 10 nitrogen and oxygen atoms in total. The summed E-state index contributed by atoms with van der Waals surface area (Å²) in [6, 6.07) is -2.08. The maximum absolute atomic E-state index is 13.2. The number of nitrogens with one attached hydrogen (secondary N) is 2. The summed E-state index contributed by atoms with van der Waals surface area (Å²) in [5.74, 6) is -2.62. The lowest BCUT2D eigenvalue weighted by molar-refractivity contribution is -0.159. The summed E-state index contributed by atoms with van der Waals surface area (Å²) in [6.07, 6.45) is 4.07. The van der Waals surface area contributed by atoms with Gasteiger partial charge in [-0.3, -0.25) is 19.3 Å². The molecule has 1 heterocycles. The van der Waals surface area contributed by atoms with Gasteiger partial charge in [0.15, 0.2) is 0 Å². The van der Waals surface area contributed by atoms with Crippen LogP contribution in [-0.4, -0.2) is 53.8 Å². The van der Waals surface area contributed by atoms with Crippen molar-refractivity contribution in [2.75, 3.05) is 7.05 Å². The van der Waals surface area contributed by atoms with Crippen LogP contribution in [-0.2, 0) is 23.9 Å². The first-order chi connectivity index (χ1) is 16.8. The number of rotatable bonds is 9. The molecule has 0 bridgehead atoms. The number of carbonyl (C=O) groups is 5. The lowest BCUT2D eigenvalue weighted by Gasteiger charge is -2.32. The van der Waals surface area contributed by atoms with Crippen LogP contribution in [0.4, 0.5) is 4.79 Å². The summed E-state index contributed by atoms with van der Waals surface area (Å²) in [7, 11) is 1.23. The number of imide groups is 1. The number of hydrogen-bond acceptors (Lipinski definition) is 6. The van der Waals surface area contributed by atoms with Gasteiger partial charge in [-0.15, -0.1) is 0 Å². The first-order valence-corrected chi connectivity index (χ1v) is 12.5. The molecule has 5 amide bonds. The third kappa shape index (κ3) is 9.83.